The molecule has 2 fully saturated rings. The molecule has 1 aromatic carbocycles. The summed E-state index contributed by atoms with van der Waals surface area (Å²) in [5.74, 6) is 0. The van der Waals surface area contributed by atoms with E-state index in [-0.39, 0.29) is 5.69 Å². The molecule has 2 aliphatic rings. The lowest BCUT2D eigenvalue weighted by molar-refractivity contribution is -0.384. The van der Waals surface area contributed by atoms with Crippen molar-refractivity contribution in [2.75, 3.05) is 18.9 Å². The minimum Gasteiger partial charge on any atom is -0.393 e. The van der Waals surface area contributed by atoms with Gasteiger partial charge in [0.1, 0.15) is 5.69 Å². The molecule has 1 aliphatic heterocycles. The maximum absolute atomic E-state index is 10.9. The molecule has 0 spiro atoms. The summed E-state index contributed by atoms with van der Waals surface area (Å²) in [4.78, 5) is 12.9. The van der Waals surface area contributed by atoms with E-state index in [1.54, 1.807) is 6.07 Å². The van der Waals surface area contributed by atoms with Gasteiger partial charge in [-0.1, -0.05) is 12.1 Å². The van der Waals surface area contributed by atoms with E-state index in [9.17, 15) is 10.1 Å². The molecule has 1 aromatic rings. The number of hydrogen-bond acceptors (Lipinski definition) is 5. The lowest BCUT2D eigenvalue weighted by Gasteiger charge is -2.37. The second kappa shape index (κ2) is 5.38. The van der Waals surface area contributed by atoms with Crippen molar-refractivity contribution in [2.24, 2.45) is 0 Å². The highest BCUT2D eigenvalue weighted by Gasteiger charge is 2.36. The molecule has 2 N–H and O–H groups in total. The number of nitro benzene ring substituents is 1. The fourth-order valence-corrected chi connectivity index (χ4v) is 3.32. The highest BCUT2D eigenvalue weighted by atomic mass is 16.6. The number of nitrogens with two attached hydrogens (primary N) is 1. The summed E-state index contributed by atoms with van der Waals surface area (Å²) in [6, 6.07) is 5.47. The lowest BCUT2D eigenvalue weighted by Crippen LogP contribution is -2.47. The highest BCUT2D eigenvalue weighted by molar-refractivity contribution is 5.62. The van der Waals surface area contributed by atoms with Crippen LogP contribution in [0.5, 0.6) is 0 Å². The first-order valence-electron chi connectivity index (χ1n) is 7.04. The second-order valence-electron chi connectivity index (χ2n) is 5.49. The van der Waals surface area contributed by atoms with Crippen LogP contribution in [-0.2, 0) is 11.3 Å². The van der Waals surface area contributed by atoms with E-state index in [4.69, 9.17) is 10.5 Å². The van der Waals surface area contributed by atoms with E-state index in [0.717, 1.165) is 31.6 Å². The number of morpholine rings is 1. The van der Waals surface area contributed by atoms with Crippen molar-refractivity contribution >= 4 is 11.4 Å². The van der Waals surface area contributed by atoms with Crippen LogP contribution in [-0.4, -0.2) is 35.1 Å². The zero-order chi connectivity index (χ0) is 14.1. The number of benzene rings is 1. The Balaban J connectivity index is 1.80. The van der Waals surface area contributed by atoms with Gasteiger partial charge in [-0.2, -0.15) is 0 Å². The van der Waals surface area contributed by atoms with Gasteiger partial charge in [-0.15, -0.1) is 0 Å². The van der Waals surface area contributed by atoms with Crippen LogP contribution in [0, 0.1) is 10.1 Å². The van der Waals surface area contributed by atoms with Crippen molar-refractivity contribution in [3.63, 3.8) is 0 Å². The summed E-state index contributed by atoms with van der Waals surface area (Å²) >= 11 is 0. The van der Waals surface area contributed by atoms with Crippen molar-refractivity contribution in [1.82, 2.24) is 4.90 Å². The highest BCUT2D eigenvalue weighted by Crippen LogP contribution is 2.32. The number of anilines is 1. The third-order valence-electron chi connectivity index (χ3n) is 4.34. The molecular weight excluding hydrogens is 258 g/mol. The fraction of sp³-hybridized carbons (Fsp3) is 0.571. The number of para-hydroxylation sites is 1. The van der Waals surface area contributed by atoms with Crippen LogP contribution in [0.25, 0.3) is 0 Å². The molecule has 1 saturated carbocycles. The summed E-state index contributed by atoms with van der Waals surface area (Å²) in [5.41, 5.74) is 7.07. The van der Waals surface area contributed by atoms with Gasteiger partial charge in [-0.05, 0) is 24.8 Å². The molecule has 2 atom stereocenters. The number of ether oxygens (including phenoxy) is 1. The van der Waals surface area contributed by atoms with Gasteiger partial charge < -0.3 is 10.5 Å². The van der Waals surface area contributed by atoms with Crippen LogP contribution in [0.4, 0.5) is 11.4 Å². The van der Waals surface area contributed by atoms with Crippen molar-refractivity contribution < 1.29 is 9.66 Å². The van der Waals surface area contributed by atoms with Crippen molar-refractivity contribution in [2.45, 2.75) is 38.0 Å². The minimum atomic E-state index is -0.420. The van der Waals surface area contributed by atoms with Gasteiger partial charge in [-0.3, -0.25) is 15.0 Å². The Morgan fingerprint density at radius 1 is 1.45 bits per heavy atom. The van der Waals surface area contributed by atoms with E-state index < -0.39 is 4.92 Å². The summed E-state index contributed by atoms with van der Waals surface area (Å²) < 4.78 is 5.78. The van der Waals surface area contributed by atoms with Gasteiger partial charge in [0, 0.05) is 25.2 Å². The SMILES string of the molecule is Nc1c(CN2CCOC3CCCC32)cccc1[N+](=O)[O-]. The molecule has 1 saturated heterocycles. The number of rotatable bonds is 3. The van der Waals surface area contributed by atoms with Gasteiger partial charge in [-0.25, -0.2) is 0 Å². The number of nitro groups is 1. The monoisotopic (exact) mass is 277 g/mol. The van der Waals surface area contributed by atoms with Crippen LogP contribution in [0.1, 0.15) is 24.8 Å². The Bertz CT molecular complexity index is 520. The van der Waals surface area contributed by atoms with Crippen LogP contribution >= 0.6 is 0 Å². The van der Waals surface area contributed by atoms with Crippen LogP contribution in [0.3, 0.4) is 0 Å². The molecule has 0 amide bonds. The van der Waals surface area contributed by atoms with E-state index in [0.29, 0.717) is 24.4 Å². The molecule has 0 aromatic heterocycles. The topological polar surface area (TPSA) is 81.6 Å². The molecule has 6 nitrogen and oxygen atoms in total. The third kappa shape index (κ3) is 2.36. The summed E-state index contributed by atoms with van der Waals surface area (Å²) in [6.07, 6.45) is 3.77. The first-order chi connectivity index (χ1) is 9.66. The summed E-state index contributed by atoms with van der Waals surface area (Å²) in [7, 11) is 0. The smallest absolute Gasteiger partial charge is 0.292 e. The Kier molecular flexibility index (Phi) is 3.58. The summed E-state index contributed by atoms with van der Waals surface area (Å²) in [6.45, 7) is 2.26. The average Bonchev–Trinajstić information content (AvgIpc) is 2.90. The van der Waals surface area contributed by atoms with E-state index in [2.05, 4.69) is 4.90 Å². The molecule has 1 aliphatic carbocycles. The fourth-order valence-electron chi connectivity index (χ4n) is 3.32. The predicted octanol–water partition coefficient (Wildman–Crippen LogP) is 1.93. The Hall–Kier alpha value is -1.66. The number of hydrogen-bond donors (Lipinski definition) is 1. The first-order valence-corrected chi connectivity index (χ1v) is 7.04. The number of fused-ring (bicyclic) bond motifs is 1. The Morgan fingerprint density at radius 3 is 3.10 bits per heavy atom. The summed E-state index contributed by atoms with van der Waals surface area (Å²) in [5, 5.41) is 10.9. The molecule has 0 radical (unpaired) electrons. The standard InChI is InChI=1S/C14H19N3O3/c15-14-10(3-1-5-12(14)17(18)19)9-16-7-8-20-13-6-2-4-11(13)16/h1,3,5,11,13H,2,4,6-9,15H2. The van der Waals surface area contributed by atoms with Crippen molar-refractivity contribution in [1.29, 1.82) is 0 Å². The molecule has 20 heavy (non-hydrogen) atoms. The van der Waals surface area contributed by atoms with E-state index in [1.165, 1.54) is 12.5 Å². The number of nitrogens with zero attached hydrogens (tertiary/aromatic N) is 2. The minimum absolute atomic E-state index is 0.00117. The molecule has 3 rings (SSSR count). The van der Waals surface area contributed by atoms with Gasteiger partial charge in [0.05, 0.1) is 17.6 Å². The van der Waals surface area contributed by atoms with Crippen LogP contribution in [0.2, 0.25) is 0 Å². The third-order valence-corrected chi connectivity index (χ3v) is 4.34. The van der Waals surface area contributed by atoms with Gasteiger partial charge >= 0.3 is 0 Å². The van der Waals surface area contributed by atoms with Crippen molar-refractivity contribution in [3.05, 3.63) is 33.9 Å². The number of nitrogen functional groups attached to an aromatic ring is 1. The molecule has 108 valence electrons. The van der Waals surface area contributed by atoms with E-state index in [1.807, 2.05) is 6.07 Å². The lowest BCUT2D eigenvalue weighted by atomic mass is 10.1. The van der Waals surface area contributed by atoms with Crippen LogP contribution in [0.15, 0.2) is 18.2 Å². The molecule has 6 heteroatoms. The molecular formula is C14H19N3O3. The van der Waals surface area contributed by atoms with Gasteiger partial charge in [0.15, 0.2) is 0 Å². The van der Waals surface area contributed by atoms with Crippen molar-refractivity contribution in [3.8, 4) is 0 Å². The maximum atomic E-state index is 10.9. The zero-order valence-electron chi connectivity index (χ0n) is 11.3. The second-order valence-corrected chi connectivity index (χ2v) is 5.49. The maximum Gasteiger partial charge on any atom is 0.292 e. The van der Waals surface area contributed by atoms with Crippen LogP contribution < -0.4 is 5.73 Å². The molecule has 2 unspecified atom stereocenters. The van der Waals surface area contributed by atoms with Gasteiger partial charge in [0.25, 0.3) is 5.69 Å². The van der Waals surface area contributed by atoms with Gasteiger partial charge in [0.2, 0.25) is 0 Å². The molecule has 0 bridgehead atoms. The molecule has 1 heterocycles. The average molecular weight is 277 g/mol. The largest absolute Gasteiger partial charge is 0.393 e. The zero-order valence-corrected chi connectivity index (χ0v) is 11.3. The first kappa shape index (κ1) is 13.3. The van der Waals surface area contributed by atoms with E-state index >= 15 is 0 Å². The quantitative estimate of drug-likeness (QED) is 0.518. The normalized spacial score (nSPS) is 26.4. The Labute approximate surface area is 117 Å². The Morgan fingerprint density at radius 2 is 2.30 bits per heavy atom. The predicted molar refractivity (Wildman–Crippen MR) is 75.3 cm³/mol.